The number of esters is 1. The van der Waals surface area contributed by atoms with Gasteiger partial charge in [-0.3, -0.25) is 10.1 Å². The molecular formula is C14H11N3O4S. The summed E-state index contributed by atoms with van der Waals surface area (Å²) >= 11 is 0.792. The number of ether oxygens (including phenoxy) is 1. The van der Waals surface area contributed by atoms with Gasteiger partial charge in [-0.2, -0.15) is 0 Å². The van der Waals surface area contributed by atoms with E-state index in [2.05, 4.69) is 4.98 Å². The number of nitro groups is 1. The summed E-state index contributed by atoms with van der Waals surface area (Å²) in [7, 11) is 0. The summed E-state index contributed by atoms with van der Waals surface area (Å²) in [5.74, 6) is -0.591. The molecule has 0 aliphatic carbocycles. The SMILES string of the molecule is Cc1ccc2nc(COC(=O)c3ccc([N+](=O)[O-])s3)cn2c1. The Kier molecular flexibility index (Phi) is 3.60. The van der Waals surface area contributed by atoms with E-state index in [1.807, 2.05) is 29.7 Å². The maximum Gasteiger partial charge on any atom is 0.348 e. The van der Waals surface area contributed by atoms with Crippen molar-refractivity contribution in [2.45, 2.75) is 13.5 Å². The Morgan fingerprint density at radius 1 is 1.36 bits per heavy atom. The largest absolute Gasteiger partial charge is 0.455 e. The van der Waals surface area contributed by atoms with Crippen LogP contribution in [0.25, 0.3) is 5.65 Å². The Morgan fingerprint density at radius 3 is 2.91 bits per heavy atom. The molecule has 0 radical (unpaired) electrons. The van der Waals surface area contributed by atoms with E-state index < -0.39 is 10.9 Å². The molecule has 3 rings (SSSR count). The van der Waals surface area contributed by atoms with Crippen molar-refractivity contribution in [2.75, 3.05) is 0 Å². The van der Waals surface area contributed by atoms with Crippen LogP contribution in [0.1, 0.15) is 20.9 Å². The van der Waals surface area contributed by atoms with Crippen LogP contribution in [0.15, 0.2) is 36.7 Å². The topological polar surface area (TPSA) is 86.7 Å². The van der Waals surface area contributed by atoms with Crippen molar-refractivity contribution >= 4 is 28.0 Å². The number of carbonyl (C=O) groups is 1. The number of nitrogens with zero attached hydrogens (tertiary/aromatic N) is 3. The maximum absolute atomic E-state index is 11.9. The zero-order valence-corrected chi connectivity index (χ0v) is 12.4. The Balaban J connectivity index is 1.70. The van der Waals surface area contributed by atoms with Crippen molar-refractivity contribution in [3.05, 3.63) is 62.9 Å². The van der Waals surface area contributed by atoms with Crippen molar-refractivity contribution in [2.24, 2.45) is 0 Å². The van der Waals surface area contributed by atoms with E-state index in [1.165, 1.54) is 12.1 Å². The van der Waals surface area contributed by atoms with Gasteiger partial charge in [0, 0.05) is 18.5 Å². The van der Waals surface area contributed by atoms with Crippen LogP contribution in [0.5, 0.6) is 0 Å². The van der Waals surface area contributed by atoms with Crippen LogP contribution in [0.4, 0.5) is 5.00 Å². The normalized spacial score (nSPS) is 10.8. The molecule has 112 valence electrons. The number of aromatic nitrogens is 2. The van der Waals surface area contributed by atoms with Crippen LogP contribution >= 0.6 is 11.3 Å². The van der Waals surface area contributed by atoms with Crippen molar-refractivity contribution in [3.63, 3.8) is 0 Å². The first kappa shape index (κ1) is 14.2. The quantitative estimate of drug-likeness (QED) is 0.419. The highest BCUT2D eigenvalue weighted by Crippen LogP contribution is 2.24. The summed E-state index contributed by atoms with van der Waals surface area (Å²) in [4.78, 5) is 26.4. The second-order valence-corrected chi connectivity index (χ2v) is 5.74. The van der Waals surface area contributed by atoms with Gasteiger partial charge in [0.2, 0.25) is 0 Å². The lowest BCUT2D eigenvalue weighted by molar-refractivity contribution is -0.380. The van der Waals surface area contributed by atoms with Gasteiger partial charge in [-0.15, -0.1) is 0 Å². The van der Waals surface area contributed by atoms with E-state index in [1.54, 1.807) is 6.20 Å². The van der Waals surface area contributed by atoms with Gasteiger partial charge in [-0.1, -0.05) is 17.4 Å². The summed E-state index contributed by atoms with van der Waals surface area (Å²) in [6.07, 6.45) is 3.71. The zero-order chi connectivity index (χ0) is 15.7. The zero-order valence-electron chi connectivity index (χ0n) is 11.6. The van der Waals surface area contributed by atoms with Gasteiger partial charge in [0.25, 0.3) is 0 Å². The van der Waals surface area contributed by atoms with Crippen molar-refractivity contribution in [1.29, 1.82) is 0 Å². The first-order valence-electron chi connectivity index (χ1n) is 6.38. The minimum Gasteiger partial charge on any atom is -0.455 e. The van der Waals surface area contributed by atoms with E-state index in [9.17, 15) is 14.9 Å². The number of hydrogen-bond acceptors (Lipinski definition) is 6. The fourth-order valence-corrected chi connectivity index (χ4v) is 2.69. The number of rotatable bonds is 4. The minimum absolute atomic E-state index is 0.0191. The third kappa shape index (κ3) is 2.82. The van der Waals surface area contributed by atoms with E-state index in [0.29, 0.717) is 5.69 Å². The standard InChI is InChI=1S/C14H11N3O4S/c1-9-2-4-12-15-10(7-16(12)6-9)8-21-14(18)11-3-5-13(22-11)17(19)20/h2-7H,8H2,1H3. The molecule has 0 unspecified atom stereocenters. The van der Waals surface area contributed by atoms with E-state index in [-0.39, 0.29) is 16.5 Å². The van der Waals surface area contributed by atoms with Gasteiger partial charge < -0.3 is 9.14 Å². The first-order valence-corrected chi connectivity index (χ1v) is 7.20. The molecular weight excluding hydrogens is 306 g/mol. The first-order chi connectivity index (χ1) is 10.5. The second-order valence-electron chi connectivity index (χ2n) is 4.68. The van der Waals surface area contributed by atoms with Gasteiger partial charge in [0.1, 0.15) is 17.1 Å². The summed E-state index contributed by atoms with van der Waals surface area (Å²) < 4.78 is 7.00. The molecule has 0 aliphatic rings. The molecule has 3 aromatic heterocycles. The molecule has 0 amide bonds. The molecule has 0 aliphatic heterocycles. The monoisotopic (exact) mass is 317 g/mol. The van der Waals surface area contributed by atoms with Crippen LogP contribution in [0.3, 0.4) is 0 Å². The summed E-state index contributed by atoms with van der Waals surface area (Å²) in [5.41, 5.74) is 2.48. The van der Waals surface area contributed by atoms with Gasteiger partial charge in [0.05, 0.1) is 10.6 Å². The van der Waals surface area contributed by atoms with E-state index in [0.717, 1.165) is 22.5 Å². The summed E-state index contributed by atoms with van der Waals surface area (Å²) in [5, 5.41) is 10.5. The number of hydrogen-bond donors (Lipinski definition) is 0. The van der Waals surface area contributed by atoms with Gasteiger partial charge in [-0.25, -0.2) is 9.78 Å². The molecule has 8 heteroatoms. The number of thiophene rings is 1. The molecule has 7 nitrogen and oxygen atoms in total. The highest BCUT2D eigenvalue weighted by Gasteiger charge is 2.16. The van der Waals surface area contributed by atoms with Gasteiger partial charge in [0.15, 0.2) is 0 Å². The van der Waals surface area contributed by atoms with Crippen LogP contribution in [-0.2, 0) is 11.3 Å². The fourth-order valence-electron chi connectivity index (χ4n) is 1.97. The third-order valence-corrected chi connectivity index (χ3v) is 3.99. The molecule has 0 saturated carbocycles. The molecule has 0 fully saturated rings. The molecule has 3 aromatic rings. The van der Waals surface area contributed by atoms with Crippen molar-refractivity contribution < 1.29 is 14.5 Å². The predicted molar refractivity (Wildman–Crippen MR) is 80.0 cm³/mol. The lowest BCUT2D eigenvalue weighted by Crippen LogP contribution is -2.03. The molecule has 0 bridgehead atoms. The van der Waals surface area contributed by atoms with Crippen molar-refractivity contribution in [1.82, 2.24) is 9.38 Å². The van der Waals surface area contributed by atoms with E-state index in [4.69, 9.17) is 4.74 Å². The molecule has 22 heavy (non-hydrogen) atoms. The van der Waals surface area contributed by atoms with Gasteiger partial charge >= 0.3 is 11.0 Å². The minimum atomic E-state index is -0.591. The lowest BCUT2D eigenvalue weighted by atomic mass is 10.3. The lowest BCUT2D eigenvalue weighted by Gasteiger charge is -1.99. The van der Waals surface area contributed by atoms with E-state index >= 15 is 0 Å². The highest BCUT2D eigenvalue weighted by molar-refractivity contribution is 7.17. The van der Waals surface area contributed by atoms with Crippen molar-refractivity contribution in [3.8, 4) is 0 Å². The number of carbonyl (C=O) groups excluding carboxylic acids is 1. The average molecular weight is 317 g/mol. The van der Waals surface area contributed by atoms with Crippen LogP contribution in [-0.4, -0.2) is 20.3 Å². The molecule has 0 atom stereocenters. The second kappa shape index (κ2) is 5.57. The molecule has 3 heterocycles. The Hall–Kier alpha value is -2.74. The maximum atomic E-state index is 11.9. The van der Waals surface area contributed by atoms with Crippen LogP contribution < -0.4 is 0 Å². The third-order valence-electron chi connectivity index (χ3n) is 2.97. The molecule has 0 saturated heterocycles. The smallest absolute Gasteiger partial charge is 0.348 e. The number of aryl methyl sites for hydroxylation is 1. The van der Waals surface area contributed by atoms with Crippen LogP contribution in [0.2, 0.25) is 0 Å². The van der Waals surface area contributed by atoms with Gasteiger partial charge in [-0.05, 0) is 24.6 Å². The highest BCUT2D eigenvalue weighted by atomic mass is 32.1. The number of pyridine rings is 1. The predicted octanol–water partition coefficient (Wildman–Crippen LogP) is 2.97. The number of imidazole rings is 1. The summed E-state index contributed by atoms with van der Waals surface area (Å²) in [6, 6.07) is 6.50. The van der Waals surface area contributed by atoms with Crippen LogP contribution in [0, 0.1) is 17.0 Å². The number of fused-ring (bicyclic) bond motifs is 1. The summed E-state index contributed by atoms with van der Waals surface area (Å²) in [6.45, 7) is 1.99. The Bertz CT molecular complexity index is 868. The average Bonchev–Trinajstić information content (AvgIpc) is 3.10. The Morgan fingerprint density at radius 2 is 2.18 bits per heavy atom. The molecule has 0 spiro atoms. The molecule has 0 N–H and O–H groups in total. The Labute approximate surface area is 128 Å². The molecule has 0 aromatic carbocycles. The fraction of sp³-hybridized carbons (Fsp3) is 0.143.